The van der Waals surface area contributed by atoms with E-state index in [1.807, 2.05) is 28.8 Å². The molecule has 0 saturated heterocycles. The first-order valence-corrected chi connectivity index (χ1v) is 5.40. The van der Waals surface area contributed by atoms with Crippen molar-refractivity contribution in [3.8, 4) is 0 Å². The van der Waals surface area contributed by atoms with Crippen LogP contribution < -0.4 is 5.32 Å². The van der Waals surface area contributed by atoms with E-state index in [1.165, 1.54) is 0 Å². The van der Waals surface area contributed by atoms with E-state index in [0.29, 0.717) is 6.54 Å². The highest BCUT2D eigenvalue weighted by Crippen LogP contribution is 2.06. The number of nitrogens with one attached hydrogen (secondary N) is 1. The monoisotopic (exact) mass is 219 g/mol. The summed E-state index contributed by atoms with van der Waals surface area (Å²) in [4.78, 5) is 4.22. The predicted molar refractivity (Wildman–Crippen MR) is 63.2 cm³/mol. The maximum Gasteiger partial charge on any atom is 0.136 e. The van der Waals surface area contributed by atoms with Gasteiger partial charge in [0.2, 0.25) is 0 Å². The molecule has 0 spiro atoms. The minimum Gasteiger partial charge on any atom is -0.389 e. The van der Waals surface area contributed by atoms with Gasteiger partial charge in [0.15, 0.2) is 0 Å². The fourth-order valence-electron chi connectivity index (χ4n) is 1.65. The average molecular weight is 219 g/mol. The summed E-state index contributed by atoms with van der Waals surface area (Å²) in [6, 6.07) is 6.01. The number of fused-ring (bicyclic) bond motifs is 1. The van der Waals surface area contributed by atoms with Gasteiger partial charge in [-0.05, 0) is 26.0 Å². The predicted octanol–water partition coefficient (Wildman–Crippen LogP) is 1.19. The summed E-state index contributed by atoms with van der Waals surface area (Å²) in [5.41, 5.74) is 1.41. The van der Waals surface area contributed by atoms with Crippen LogP contribution in [0.2, 0.25) is 0 Å². The SMILES string of the molecule is CC(C)(O)CNCc1cccc2nccn12. The Balaban J connectivity index is 2.07. The summed E-state index contributed by atoms with van der Waals surface area (Å²) in [6.45, 7) is 4.87. The van der Waals surface area contributed by atoms with Gasteiger partial charge in [0.05, 0.1) is 5.60 Å². The molecule has 0 unspecified atom stereocenters. The van der Waals surface area contributed by atoms with Crippen molar-refractivity contribution in [1.82, 2.24) is 14.7 Å². The summed E-state index contributed by atoms with van der Waals surface area (Å²) < 4.78 is 2.04. The van der Waals surface area contributed by atoms with Gasteiger partial charge in [0, 0.05) is 31.2 Å². The molecule has 2 rings (SSSR count). The second-order valence-electron chi connectivity index (χ2n) is 4.59. The van der Waals surface area contributed by atoms with Gasteiger partial charge >= 0.3 is 0 Å². The maximum absolute atomic E-state index is 9.59. The highest BCUT2D eigenvalue weighted by Gasteiger charge is 2.11. The van der Waals surface area contributed by atoms with Crippen LogP contribution in [0.1, 0.15) is 19.5 Å². The number of nitrogens with zero attached hydrogens (tertiary/aromatic N) is 2. The number of rotatable bonds is 4. The number of pyridine rings is 1. The van der Waals surface area contributed by atoms with Crippen LogP contribution >= 0.6 is 0 Å². The second-order valence-corrected chi connectivity index (χ2v) is 4.59. The van der Waals surface area contributed by atoms with Crippen LogP contribution in [-0.2, 0) is 6.54 Å². The molecule has 0 atom stereocenters. The third-order valence-electron chi connectivity index (χ3n) is 2.38. The van der Waals surface area contributed by atoms with Crippen LogP contribution in [-0.4, -0.2) is 26.6 Å². The lowest BCUT2D eigenvalue weighted by molar-refractivity contribution is 0.0794. The van der Waals surface area contributed by atoms with Crippen molar-refractivity contribution in [2.75, 3.05) is 6.54 Å². The minimum atomic E-state index is -0.678. The van der Waals surface area contributed by atoms with Crippen molar-refractivity contribution in [2.24, 2.45) is 0 Å². The fourth-order valence-corrected chi connectivity index (χ4v) is 1.65. The highest BCUT2D eigenvalue weighted by molar-refractivity contribution is 5.39. The van der Waals surface area contributed by atoms with Crippen LogP contribution in [0.4, 0.5) is 0 Å². The summed E-state index contributed by atoms with van der Waals surface area (Å²) in [7, 11) is 0. The van der Waals surface area contributed by atoms with Crippen LogP contribution in [0.15, 0.2) is 30.6 Å². The van der Waals surface area contributed by atoms with E-state index in [9.17, 15) is 5.11 Å². The van der Waals surface area contributed by atoms with Gasteiger partial charge in [-0.3, -0.25) is 0 Å². The first-order valence-electron chi connectivity index (χ1n) is 5.40. The average Bonchev–Trinajstić information content (AvgIpc) is 2.64. The number of aromatic nitrogens is 2. The van der Waals surface area contributed by atoms with Crippen molar-refractivity contribution >= 4 is 5.65 Å². The third-order valence-corrected chi connectivity index (χ3v) is 2.38. The summed E-state index contributed by atoms with van der Waals surface area (Å²) >= 11 is 0. The Labute approximate surface area is 94.9 Å². The molecule has 4 heteroatoms. The molecule has 0 fully saturated rings. The Morgan fingerprint density at radius 1 is 1.44 bits per heavy atom. The van der Waals surface area contributed by atoms with Gasteiger partial charge in [0.25, 0.3) is 0 Å². The molecule has 0 amide bonds. The Kier molecular flexibility index (Phi) is 2.94. The van der Waals surface area contributed by atoms with Gasteiger partial charge in [-0.1, -0.05) is 6.07 Å². The molecule has 16 heavy (non-hydrogen) atoms. The lowest BCUT2D eigenvalue weighted by atomic mass is 10.1. The zero-order valence-corrected chi connectivity index (χ0v) is 9.64. The van der Waals surface area contributed by atoms with Crippen LogP contribution in [0, 0.1) is 0 Å². The van der Waals surface area contributed by atoms with Crippen molar-refractivity contribution in [1.29, 1.82) is 0 Å². The fraction of sp³-hybridized carbons (Fsp3) is 0.417. The first kappa shape index (κ1) is 11.1. The Bertz CT molecular complexity index is 470. The van der Waals surface area contributed by atoms with E-state index in [0.717, 1.165) is 17.9 Å². The van der Waals surface area contributed by atoms with E-state index in [1.54, 1.807) is 20.0 Å². The quantitative estimate of drug-likeness (QED) is 0.812. The molecular weight excluding hydrogens is 202 g/mol. The van der Waals surface area contributed by atoms with Gasteiger partial charge < -0.3 is 14.8 Å². The van der Waals surface area contributed by atoms with E-state index < -0.39 is 5.60 Å². The molecule has 0 aromatic carbocycles. The highest BCUT2D eigenvalue weighted by atomic mass is 16.3. The minimum absolute atomic E-state index is 0.568. The van der Waals surface area contributed by atoms with Crippen molar-refractivity contribution < 1.29 is 5.11 Å². The first-order chi connectivity index (χ1) is 7.56. The zero-order chi connectivity index (χ0) is 11.6. The standard InChI is InChI=1S/C12H17N3O/c1-12(2,16)9-13-8-10-4-3-5-11-14-6-7-15(10)11/h3-7,13,16H,8-9H2,1-2H3. The van der Waals surface area contributed by atoms with Gasteiger partial charge in [-0.2, -0.15) is 0 Å². The molecule has 0 bridgehead atoms. The van der Waals surface area contributed by atoms with Gasteiger partial charge in [0.1, 0.15) is 5.65 Å². The molecule has 86 valence electrons. The van der Waals surface area contributed by atoms with Crippen LogP contribution in [0.3, 0.4) is 0 Å². The summed E-state index contributed by atoms with van der Waals surface area (Å²) in [6.07, 6.45) is 3.73. The van der Waals surface area contributed by atoms with E-state index >= 15 is 0 Å². The molecule has 0 saturated carbocycles. The number of imidazole rings is 1. The van der Waals surface area contributed by atoms with E-state index in [4.69, 9.17) is 0 Å². The van der Waals surface area contributed by atoms with Crippen molar-refractivity contribution in [2.45, 2.75) is 26.0 Å². The molecule has 2 N–H and O–H groups in total. The molecule has 2 heterocycles. The number of hydrogen-bond donors (Lipinski definition) is 2. The Morgan fingerprint density at radius 3 is 3.00 bits per heavy atom. The van der Waals surface area contributed by atoms with Crippen molar-refractivity contribution in [3.05, 3.63) is 36.3 Å². The Hall–Kier alpha value is -1.39. The molecule has 4 nitrogen and oxygen atoms in total. The third kappa shape index (κ3) is 2.59. The number of hydrogen-bond acceptors (Lipinski definition) is 3. The molecule has 0 aliphatic rings. The van der Waals surface area contributed by atoms with E-state index in [2.05, 4.69) is 10.3 Å². The maximum atomic E-state index is 9.59. The normalized spacial score (nSPS) is 12.2. The number of aliphatic hydroxyl groups is 1. The summed E-state index contributed by atoms with van der Waals surface area (Å²) in [5.74, 6) is 0. The molecular formula is C12H17N3O. The van der Waals surface area contributed by atoms with Crippen LogP contribution in [0.5, 0.6) is 0 Å². The molecule has 0 aliphatic heterocycles. The molecule has 0 aliphatic carbocycles. The Morgan fingerprint density at radius 2 is 2.25 bits per heavy atom. The zero-order valence-electron chi connectivity index (χ0n) is 9.64. The molecule has 2 aromatic rings. The van der Waals surface area contributed by atoms with Gasteiger partial charge in [-0.15, -0.1) is 0 Å². The summed E-state index contributed by atoms with van der Waals surface area (Å²) in [5, 5.41) is 12.8. The van der Waals surface area contributed by atoms with Crippen LogP contribution in [0.25, 0.3) is 5.65 Å². The van der Waals surface area contributed by atoms with E-state index in [-0.39, 0.29) is 0 Å². The second kappa shape index (κ2) is 4.23. The lowest BCUT2D eigenvalue weighted by Gasteiger charge is -2.17. The molecule has 0 radical (unpaired) electrons. The molecule has 2 aromatic heterocycles. The van der Waals surface area contributed by atoms with Crippen molar-refractivity contribution in [3.63, 3.8) is 0 Å². The van der Waals surface area contributed by atoms with Gasteiger partial charge in [-0.25, -0.2) is 4.98 Å². The topological polar surface area (TPSA) is 49.6 Å². The largest absolute Gasteiger partial charge is 0.389 e. The smallest absolute Gasteiger partial charge is 0.136 e. The lowest BCUT2D eigenvalue weighted by Crippen LogP contribution is -2.34.